The number of piperidine rings is 1. The third-order valence-electron chi connectivity index (χ3n) is 10.9. The number of carbonyl (C=O) groups is 5. The standard InChI is InChI=1S/C40H56N6O6/c1-5-13-30(25-52-39(51)28-17-10-7-11-18-28)43-37(49)33-29-19-12-14-26(22-29)24-46(33)38(50)34(40(2,3)4)45-36(48)32(27-15-8-6-9-16-27)44-35(47)31-23-41-20-21-42-31/h7,10-11,17-18,20-21,23,26-27,29-30,32-34H,5-6,8-9,12-16,19,22,24-25H2,1-4H3,(H,43,49)(H,44,47)(H,45,48). The second kappa shape index (κ2) is 17.9. The molecule has 282 valence electrons. The van der Waals surface area contributed by atoms with Crippen LogP contribution in [0.3, 0.4) is 0 Å². The van der Waals surface area contributed by atoms with Crippen molar-refractivity contribution in [3.63, 3.8) is 0 Å². The third-order valence-corrected chi connectivity index (χ3v) is 10.9. The van der Waals surface area contributed by atoms with Crippen molar-refractivity contribution in [2.45, 2.75) is 122 Å². The van der Waals surface area contributed by atoms with Crippen LogP contribution in [0.4, 0.5) is 0 Å². The molecule has 2 saturated carbocycles. The highest BCUT2D eigenvalue weighted by Gasteiger charge is 2.48. The van der Waals surface area contributed by atoms with Crippen molar-refractivity contribution >= 4 is 29.6 Å². The first-order valence-corrected chi connectivity index (χ1v) is 19.2. The molecule has 2 heterocycles. The lowest BCUT2D eigenvalue weighted by atomic mass is 9.72. The molecule has 6 atom stereocenters. The predicted molar refractivity (Wildman–Crippen MR) is 196 cm³/mol. The normalized spacial score (nSPS) is 22.3. The minimum atomic E-state index is -0.952. The van der Waals surface area contributed by atoms with Gasteiger partial charge in [0.2, 0.25) is 17.7 Å². The van der Waals surface area contributed by atoms with Crippen LogP contribution in [0.15, 0.2) is 48.9 Å². The molecule has 5 rings (SSSR count). The quantitative estimate of drug-likeness (QED) is 0.248. The molecule has 2 aliphatic carbocycles. The lowest BCUT2D eigenvalue weighted by Gasteiger charge is -2.49. The van der Waals surface area contributed by atoms with E-state index in [1.165, 1.54) is 18.6 Å². The molecular weight excluding hydrogens is 660 g/mol. The fourth-order valence-electron chi connectivity index (χ4n) is 8.22. The molecular formula is C40H56N6O6. The van der Waals surface area contributed by atoms with E-state index in [-0.39, 0.29) is 41.9 Å². The highest BCUT2D eigenvalue weighted by Crippen LogP contribution is 2.40. The van der Waals surface area contributed by atoms with Gasteiger partial charge in [-0.15, -0.1) is 0 Å². The summed E-state index contributed by atoms with van der Waals surface area (Å²) in [5.41, 5.74) is -0.150. The number of likely N-dealkylation sites (tertiary alicyclic amines) is 1. The Bertz CT molecular complexity index is 1530. The number of nitrogens with one attached hydrogen (secondary N) is 3. The molecule has 2 aromatic rings. The molecule has 3 fully saturated rings. The largest absolute Gasteiger partial charge is 0.460 e. The summed E-state index contributed by atoms with van der Waals surface area (Å²) < 4.78 is 5.62. The first kappa shape index (κ1) is 38.9. The Kier molecular flexibility index (Phi) is 13.4. The van der Waals surface area contributed by atoms with E-state index in [1.54, 1.807) is 29.2 Å². The summed E-state index contributed by atoms with van der Waals surface area (Å²) in [6, 6.07) is 5.79. The zero-order valence-corrected chi connectivity index (χ0v) is 31.1. The Labute approximate surface area is 307 Å². The molecule has 1 saturated heterocycles. The summed E-state index contributed by atoms with van der Waals surface area (Å²) >= 11 is 0. The second-order valence-corrected chi connectivity index (χ2v) is 15.9. The summed E-state index contributed by atoms with van der Waals surface area (Å²) in [6.07, 6.45) is 13.8. The molecule has 3 N–H and O–H groups in total. The monoisotopic (exact) mass is 716 g/mol. The minimum Gasteiger partial charge on any atom is -0.460 e. The number of fused-ring (bicyclic) bond motifs is 2. The average Bonchev–Trinajstić information content (AvgIpc) is 3.15. The average molecular weight is 717 g/mol. The molecule has 4 amide bonds. The van der Waals surface area contributed by atoms with Crippen LogP contribution in [-0.4, -0.2) is 81.8 Å². The van der Waals surface area contributed by atoms with Crippen LogP contribution in [0.2, 0.25) is 0 Å². The molecule has 6 unspecified atom stereocenters. The van der Waals surface area contributed by atoms with Gasteiger partial charge in [0.25, 0.3) is 5.91 Å². The van der Waals surface area contributed by atoms with Gasteiger partial charge in [0.05, 0.1) is 17.8 Å². The Morgan fingerprint density at radius 1 is 0.923 bits per heavy atom. The maximum absolute atomic E-state index is 14.8. The van der Waals surface area contributed by atoms with Crippen LogP contribution in [0.1, 0.15) is 119 Å². The van der Waals surface area contributed by atoms with E-state index in [0.717, 1.165) is 64.2 Å². The van der Waals surface area contributed by atoms with Gasteiger partial charge >= 0.3 is 5.97 Å². The van der Waals surface area contributed by atoms with Crippen LogP contribution < -0.4 is 16.0 Å². The summed E-state index contributed by atoms with van der Waals surface area (Å²) in [4.78, 5) is 79.1. The van der Waals surface area contributed by atoms with Gasteiger partial charge < -0.3 is 25.6 Å². The summed E-state index contributed by atoms with van der Waals surface area (Å²) in [5.74, 6) is -1.78. The molecule has 1 aromatic carbocycles. The fraction of sp³-hybridized carbons (Fsp3) is 0.625. The molecule has 12 nitrogen and oxygen atoms in total. The van der Waals surface area contributed by atoms with E-state index in [1.807, 2.05) is 33.8 Å². The Morgan fingerprint density at radius 3 is 2.35 bits per heavy atom. The number of amides is 4. The van der Waals surface area contributed by atoms with Crippen molar-refractivity contribution in [2.75, 3.05) is 13.2 Å². The van der Waals surface area contributed by atoms with Crippen molar-refractivity contribution in [1.82, 2.24) is 30.8 Å². The minimum absolute atomic E-state index is 0.0186. The van der Waals surface area contributed by atoms with Gasteiger partial charge in [-0.2, -0.15) is 0 Å². The molecule has 0 radical (unpaired) electrons. The molecule has 1 aliphatic heterocycles. The van der Waals surface area contributed by atoms with Crippen molar-refractivity contribution in [2.24, 2.45) is 23.2 Å². The highest BCUT2D eigenvalue weighted by atomic mass is 16.5. The molecule has 52 heavy (non-hydrogen) atoms. The van der Waals surface area contributed by atoms with Gasteiger partial charge in [0.15, 0.2) is 0 Å². The first-order chi connectivity index (χ1) is 25.0. The van der Waals surface area contributed by atoms with Crippen LogP contribution in [-0.2, 0) is 19.1 Å². The number of carbonyl (C=O) groups excluding carboxylic acids is 5. The van der Waals surface area contributed by atoms with E-state index < -0.39 is 47.4 Å². The van der Waals surface area contributed by atoms with E-state index in [4.69, 9.17) is 4.74 Å². The first-order valence-electron chi connectivity index (χ1n) is 19.2. The van der Waals surface area contributed by atoms with E-state index >= 15 is 0 Å². The zero-order valence-electron chi connectivity index (χ0n) is 31.1. The van der Waals surface area contributed by atoms with Crippen LogP contribution in [0.5, 0.6) is 0 Å². The Balaban J connectivity index is 1.35. The number of benzene rings is 1. The summed E-state index contributed by atoms with van der Waals surface area (Å²) in [7, 11) is 0. The van der Waals surface area contributed by atoms with Gasteiger partial charge in [-0.3, -0.25) is 24.2 Å². The number of nitrogens with zero attached hydrogens (tertiary/aromatic N) is 3. The SMILES string of the molecule is CCCC(COC(=O)c1ccccc1)NC(=O)C1C2CCCC(C2)CN1C(=O)C(NC(=O)C(NC(=O)c1cnccn1)C1CCCCC1)C(C)(C)C. The number of aromatic nitrogens is 2. The number of ether oxygens (including phenoxy) is 1. The van der Waals surface area contributed by atoms with E-state index in [2.05, 4.69) is 25.9 Å². The molecule has 12 heteroatoms. The van der Waals surface area contributed by atoms with Crippen molar-refractivity contribution in [1.29, 1.82) is 0 Å². The Hall–Kier alpha value is -4.35. The highest BCUT2D eigenvalue weighted by molar-refractivity contribution is 5.98. The number of hydrogen-bond acceptors (Lipinski definition) is 8. The zero-order chi connectivity index (χ0) is 37.3. The summed E-state index contributed by atoms with van der Waals surface area (Å²) in [6.45, 7) is 8.16. The van der Waals surface area contributed by atoms with E-state index in [9.17, 15) is 24.0 Å². The molecule has 3 aliphatic rings. The number of rotatable bonds is 13. The molecule has 1 aromatic heterocycles. The second-order valence-electron chi connectivity index (χ2n) is 15.9. The molecule has 2 bridgehead atoms. The number of hydrogen-bond donors (Lipinski definition) is 3. The number of esters is 1. The van der Waals surface area contributed by atoms with Gasteiger partial charge in [0, 0.05) is 18.9 Å². The van der Waals surface area contributed by atoms with Crippen molar-refractivity contribution in [3.8, 4) is 0 Å². The van der Waals surface area contributed by atoms with Crippen LogP contribution in [0, 0.1) is 23.2 Å². The Morgan fingerprint density at radius 2 is 1.67 bits per heavy atom. The van der Waals surface area contributed by atoms with Crippen molar-refractivity contribution in [3.05, 3.63) is 60.2 Å². The summed E-state index contributed by atoms with van der Waals surface area (Å²) in [5, 5.41) is 9.14. The van der Waals surface area contributed by atoms with Crippen LogP contribution in [0.25, 0.3) is 0 Å². The molecule has 0 spiro atoms. The lowest BCUT2D eigenvalue weighted by Crippen LogP contribution is -2.66. The van der Waals surface area contributed by atoms with Gasteiger partial charge in [-0.25, -0.2) is 9.78 Å². The fourth-order valence-corrected chi connectivity index (χ4v) is 8.22. The third kappa shape index (κ3) is 9.95. The lowest BCUT2D eigenvalue weighted by molar-refractivity contribution is -0.153. The maximum Gasteiger partial charge on any atom is 0.338 e. The van der Waals surface area contributed by atoms with Gasteiger partial charge in [-0.1, -0.05) is 78.0 Å². The van der Waals surface area contributed by atoms with Gasteiger partial charge in [0.1, 0.15) is 30.4 Å². The smallest absolute Gasteiger partial charge is 0.338 e. The predicted octanol–water partition coefficient (Wildman–Crippen LogP) is 4.85. The maximum atomic E-state index is 14.8. The van der Waals surface area contributed by atoms with Crippen LogP contribution >= 0.6 is 0 Å². The van der Waals surface area contributed by atoms with E-state index in [0.29, 0.717) is 18.5 Å². The van der Waals surface area contributed by atoms with Crippen molar-refractivity contribution < 1.29 is 28.7 Å². The topological polar surface area (TPSA) is 160 Å². The van der Waals surface area contributed by atoms with Gasteiger partial charge in [-0.05, 0) is 73.8 Å².